The van der Waals surface area contributed by atoms with Gasteiger partial charge in [-0.1, -0.05) is 5.16 Å². The SMILES string of the molecule is O=C(Nc1ccon1)N1CCC[C@@H](c2nc3c(s2)CCCC3)C1. The first kappa shape index (κ1) is 14.7. The van der Waals surface area contributed by atoms with Crippen LogP contribution in [0.4, 0.5) is 10.6 Å². The standard InChI is InChI=1S/C16H20N4O2S/c21-16(18-14-7-9-22-19-14)20-8-3-4-11(10-20)15-17-12-5-1-2-6-13(12)23-15/h7,9,11H,1-6,8,10H2,(H,18,19,21)/t11-/m1/s1. The highest BCUT2D eigenvalue weighted by atomic mass is 32.1. The van der Waals surface area contributed by atoms with Crippen LogP contribution < -0.4 is 5.32 Å². The molecule has 1 aliphatic carbocycles. The van der Waals surface area contributed by atoms with Crippen LogP contribution in [0.15, 0.2) is 16.9 Å². The van der Waals surface area contributed by atoms with Crippen molar-refractivity contribution in [1.82, 2.24) is 15.0 Å². The highest BCUT2D eigenvalue weighted by Gasteiger charge is 2.28. The number of aromatic nitrogens is 2. The molecule has 7 heteroatoms. The number of hydrogen-bond acceptors (Lipinski definition) is 5. The number of rotatable bonds is 2. The van der Waals surface area contributed by atoms with E-state index in [0.29, 0.717) is 11.7 Å². The van der Waals surface area contributed by atoms with Gasteiger partial charge >= 0.3 is 6.03 Å². The maximum atomic E-state index is 12.4. The van der Waals surface area contributed by atoms with Gasteiger partial charge in [-0.3, -0.25) is 5.32 Å². The molecule has 0 aromatic carbocycles. The lowest BCUT2D eigenvalue weighted by Crippen LogP contribution is -2.41. The van der Waals surface area contributed by atoms with Gasteiger partial charge in [0.1, 0.15) is 6.26 Å². The number of carbonyl (C=O) groups is 1. The average molecular weight is 332 g/mol. The van der Waals surface area contributed by atoms with E-state index in [9.17, 15) is 4.79 Å². The van der Waals surface area contributed by atoms with E-state index in [2.05, 4.69) is 10.5 Å². The van der Waals surface area contributed by atoms with Crippen molar-refractivity contribution < 1.29 is 9.32 Å². The number of thiazole rings is 1. The van der Waals surface area contributed by atoms with Crippen LogP contribution in [-0.4, -0.2) is 34.2 Å². The molecule has 2 aromatic rings. The maximum absolute atomic E-state index is 12.4. The first-order chi connectivity index (χ1) is 11.3. The zero-order valence-electron chi connectivity index (χ0n) is 13.0. The number of likely N-dealkylation sites (tertiary alicyclic amines) is 1. The number of nitrogens with zero attached hydrogens (tertiary/aromatic N) is 3. The molecule has 0 radical (unpaired) electrons. The van der Waals surface area contributed by atoms with E-state index in [1.165, 1.54) is 41.1 Å². The van der Waals surface area contributed by atoms with E-state index < -0.39 is 0 Å². The molecule has 1 fully saturated rings. The molecule has 2 aromatic heterocycles. The molecule has 4 rings (SSSR count). The van der Waals surface area contributed by atoms with E-state index in [1.54, 1.807) is 6.07 Å². The number of piperidine rings is 1. The van der Waals surface area contributed by atoms with Gasteiger partial charge in [0.15, 0.2) is 5.82 Å². The highest BCUT2D eigenvalue weighted by Crippen LogP contribution is 2.34. The Balaban J connectivity index is 1.44. The monoisotopic (exact) mass is 332 g/mol. The lowest BCUT2D eigenvalue weighted by atomic mass is 9.98. The van der Waals surface area contributed by atoms with Crippen LogP contribution in [0.25, 0.3) is 0 Å². The number of amides is 2. The van der Waals surface area contributed by atoms with Crippen molar-refractivity contribution in [2.75, 3.05) is 18.4 Å². The summed E-state index contributed by atoms with van der Waals surface area (Å²) in [4.78, 5) is 20.6. The third-order valence-electron chi connectivity index (χ3n) is 4.59. The number of fused-ring (bicyclic) bond motifs is 1. The molecular weight excluding hydrogens is 312 g/mol. The summed E-state index contributed by atoms with van der Waals surface area (Å²) in [6.07, 6.45) is 8.42. The second-order valence-corrected chi connectivity index (χ2v) is 7.34. The summed E-state index contributed by atoms with van der Waals surface area (Å²) in [6, 6.07) is 1.54. The predicted octanol–water partition coefficient (Wildman–Crippen LogP) is 3.42. The van der Waals surface area contributed by atoms with Gasteiger partial charge in [0.05, 0.1) is 10.7 Å². The molecule has 0 saturated carbocycles. The Kier molecular flexibility index (Phi) is 4.03. The molecule has 0 unspecified atom stereocenters. The minimum absolute atomic E-state index is 0.107. The molecule has 0 bridgehead atoms. The second-order valence-electron chi connectivity index (χ2n) is 6.23. The fourth-order valence-electron chi connectivity index (χ4n) is 3.38. The summed E-state index contributed by atoms with van der Waals surface area (Å²) >= 11 is 1.86. The molecule has 2 aliphatic rings. The Morgan fingerprint density at radius 3 is 3.09 bits per heavy atom. The zero-order valence-corrected chi connectivity index (χ0v) is 13.8. The Hall–Kier alpha value is -1.89. The molecular formula is C16H20N4O2S. The molecule has 1 N–H and O–H groups in total. The Bertz CT molecular complexity index is 659. The summed E-state index contributed by atoms with van der Waals surface area (Å²) in [5.41, 5.74) is 1.31. The summed E-state index contributed by atoms with van der Waals surface area (Å²) in [6.45, 7) is 1.52. The Morgan fingerprint density at radius 2 is 2.26 bits per heavy atom. The normalized spacial score (nSPS) is 21.0. The van der Waals surface area contributed by atoms with Crippen molar-refractivity contribution in [1.29, 1.82) is 0 Å². The van der Waals surface area contributed by atoms with E-state index in [0.717, 1.165) is 32.4 Å². The summed E-state index contributed by atoms with van der Waals surface area (Å²) in [7, 11) is 0. The van der Waals surface area contributed by atoms with E-state index in [4.69, 9.17) is 9.51 Å². The van der Waals surface area contributed by atoms with Crippen LogP contribution in [-0.2, 0) is 12.8 Å². The molecule has 0 spiro atoms. The predicted molar refractivity (Wildman–Crippen MR) is 87.8 cm³/mol. The Labute approximate surface area is 138 Å². The van der Waals surface area contributed by atoms with Crippen LogP contribution in [0, 0.1) is 0 Å². The zero-order chi connectivity index (χ0) is 15.6. The van der Waals surface area contributed by atoms with E-state index in [-0.39, 0.29) is 6.03 Å². The number of aryl methyl sites for hydroxylation is 2. The molecule has 6 nitrogen and oxygen atoms in total. The largest absolute Gasteiger partial charge is 0.363 e. The van der Waals surface area contributed by atoms with Gasteiger partial charge in [-0.2, -0.15) is 0 Å². The van der Waals surface area contributed by atoms with Gasteiger partial charge in [0, 0.05) is 30.0 Å². The van der Waals surface area contributed by atoms with Gasteiger partial charge < -0.3 is 9.42 Å². The number of anilines is 1. The Morgan fingerprint density at radius 1 is 1.35 bits per heavy atom. The minimum Gasteiger partial charge on any atom is -0.363 e. The lowest BCUT2D eigenvalue weighted by Gasteiger charge is -2.31. The van der Waals surface area contributed by atoms with Crippen LogP contribution in [0.2, 0.25) is 0 Å². The van der Waals surface area contributed by atoms with Crippen molar-refractivity contribution in [3.63, 3.8) is 0 Å². The van der Waals surface area contributed by atoms with Gasteiger partial charge in [0.2, 0.25) is 0 Å². The van der Waals surface area contributed by atoms with Gasteiger partial charge in [-0.25, -0.2) is 9.78 Å². The molecule has 1 atom stereocenters. The first-order valence-electron chi connectivity index (χ1n) is 8.24. The average Bonchev–Trinajstić information content (AvgIpc) is 3.24. The van der Waals surface area contributed by atoms with Crippen LogP contribution in [0.5, 0.6) is 0 Å². The van der Waals surface area contributed by atoms with E-state index in [1.807, 2.05) is 16.2 Å². The fourth-order valence-corrected chi connectivity index (χ4v) is 4.65. The number of urea groups is 1. The van der Waals surface area contributed by atoms with Crippen LogP contribution in [0.3, 0.4) is 0 Å². The third kappa shape index (κ3) is 3.10. The molecule has 2 amide bonds. The van der Waals surface area contributed by atoms with Gasteiger partial charge in [-0.05, 0) is 38.5 Å². The van der Waals surface area contributed by atoms with Crippen molar-refractivity contribution in [2.24, 2.45) is 0 Å². The molecule has 1 aliphatic heterocycles. The fraction of sp³-hybridized carbons (Fsp3) is 0.562. The van der Waals surface area contributed by atoms with Crippen molar-refractivity contribution in [3.8, 4) is 0 Å². The molecule has 122 valence electrons. The van der Waals surface area contributed by atoms with Crippen molar-refractivity contribution >= 4 is 23.2 Å². The van der Waals surface area contributed by atoms with Crippen molar-refractivity contribution in [3.05, 3.63) is 27.9 Å². The number of carbonyl (C=O) groups excluding carboxylic acids is 1. The van der Waals surface area contributed by atoms with Crippen LogP contribution >= 0.6 is 11.3 Å². The minimum atomic E-state index is -0.107. The molecule has 3 heterocycles. The van der Waals surface area contributed by atoms with Gasteiger partial charge in [0.25, 0.3) is 0 Å². The maximum Gasteiger partial charge on any atom is 0.323 e. The first-order valence-corrected chi connectivity index (χ1v) is 9.06. The summed E-state index contributed by atoms with van der Waals surface area (Å²) < 4.78 is 4.75. The van der Waals surface area contributed by atoms with E-state index >= 15 is 0 Å². The highest BCUT2D eigenvalue weighted by molar-refractivity contribution is 7.11. The molecule has 23 heavy (non-hydrogen) atoms. The summed E-state index contributed by atoms with van der Waals surface area (Å²) in [5, 5.41) is 7.72. The van der Waals surface area contributed by atoms with Crippen LogP contribution in [0.1, 0.15) is 47.2 Å². The number of hydrogen-bond donors (Lipinski definition) is 1. The number of nitrogens with one attached hydrogen (secondary N) is 1. The summed E-state index contributed by atoms with van der Waals surface area (Å²) in [5.74, 6) is 0.823. The lowest BCUT2D eigenvalue weighted by molar-refractivity contribution is 0.192. The van der Waals surface area contributed by atoms with Gasteiger partial charge in [-0.15, -0.1) is 11.3 Å². The second kappa shape index (κ2) is 6.31. The topological polar surface area (TPSA) is 71.3 Å². The molecule has 1 saturated heterocycles. The quantitative estimate of drug-likeness (QED) is 0.914. The van der Waals surface area contributed by atoms with Crippen molar-refractivity contribution in [2.45, 2.75) is 44.4 Å². The third-order valence-corrected chi connectivity index (χ3v) is 5.91. The smallest absolute Gasteiger partial charge is 0.323 e.